The molecule has 0 aromatic carbocycles. The summed E-state index contributed by atoms with van der Waals surface area (Å²) in [7, 11) is 0. The Bertz CT molecular complexity index is 118. The maximum atomic E-state index is 5.73. The summed E-state index contributed by atoms with van der Waals surface area (Å²) < 4.78 is 11.4. The van der Waals surface area contributed by atoms with Gasteiger partial charge in [0.1, 0.15) is 0 Å². The van der Waals surface area contributed by atoms with Crippen LogP contribution in [0.3, 0.4) is 0 Å². The van der Waals surface area contributed by atoms with Crippen molar-refractivity contribution in [2.45, 2.75) is 44.3 Å². The average molecular weight is 156 g/mol. The van der Waals surface area contributed by atoms with Gasteiger partial charge in [0, 0.05) is 12.8 Å². The van der Waals surface area contributed by atoms with E-state index < -0.39 is 0 Å². The molecule has 2 heteroatoms. The van der Waals surface area contributed by atoms with Gasteiger partial charge in [0.05, 0.1) is 13.2 Å². The summed E-state index contributed by atoms with van der Waals surface area (Å²) >= 11 is 0. The van der Waals surface area contributed by atoms with Crippen LogP contribution in [-0.2, 0) is 9.47 Å². The minimum absolute atomic E-state index is 0.142. The fourth-order valence-corrected chi connectivity index (χ4v) is 1.99. The maximum absolute atomic E-state index is 5.73. The van der Waals surface area contributed by atoms with Gasteiger partial charge in [0.25, 0.3) is 0 Å². The van der Waals surface area contributed by atoms with Gasteiger partial charge in [0.15, 0.2) is 5.79 Å². The Balaban J connectivity index is 1.97. The minimum Gasteiger partial charge on any atom is -0.350 e. The molecule has 0 aromatic heterocycles. The van der Waals surface area contributed by atoms with Crippen LogP contribution in [0.15, 0.2) is 0 Å². The Morgan fingerprint density at radius 3 is 2.27 bits per heavy atom. The summed E-state index contributed by atoms with van der Waals surface area (Å²) in [5.41, 5.74) is 0. The third kappa shape index (κ3) is 1.57. The Hall–Kier alpha value is -0.0800. The molecule has 0 amide bonds. The molecule has 0 N–H and O–H groups in total. The van der Waals surface area contributed by atoms with E-state index in [2.05, 4.69) is 0 Å². The first kappa shape index (κ1) is 7.56. The molecule has 0 radical (unpaired) electrons. The molecule has 0 aliphatic carbocycles. The topological polar surface area (TPSA) is 18.5 Å². The van der Waals surface area contributed by atoms with Crippen molar-refractivity contribution in [2.75, 3.05) is 13.2 Å². The fraction of sp³-hybridized carbons (Fsp3) is 1.00. The van der Waals surface area contributed by atoms with E-state index in [4.69, 9.17) is 9.47 Å². The highest BCUT2D eigenvalue weighted by atomic mass is 16.7. The lowest BCUT2D eigenvalue weighted by Crippen LogP contribution is -2.30. The zero-order valence-electron chi connectivity index (χ0n) is 6.97. The summed E-state index contributed by atoms with van der Waals surface area (Å²) in [5, 5.41) is 0. The summed E-state index contributed by atoms with van der Waals surface area (Å²) in [6.45, 7) is 1.81. The van der Waals surface area contributed by atoms with Gasteiger partial charge in [-0.2, -0.15) is 0 Å². The van der Waals surface area contributed by atoms with Crippen LogP contribution in [-0.4, -0.2) is 19.0 Å². The predicted molar refractivity (Wildman–Crippen MR) is 42.3 cm³/mol. The monoisotopic (exact) mass is 156 g/mol. The molecule has 0 bridgehead atoms. The molecule has 1 unspecified atom stereocenters. The maximum Gasteiger partial charge on any atom is 0.168 e. The van der Waals surface area contributed by atoms with Crippen molar-refractivity contribution in [3.05, 3.63) is 0 Å². The van der Waals surface area contributed by atoms with E-state index in [1.807, 2.05) is 0 Å². The second kappa shape index (κ2) is 3.11. The highest BCUT2D eigenvalue weighted by Crippen LogP contribution is 2.34. The zero-order valence-corrected chi connectivity index (χ0v) is 6.97. The molecule has 2 aliphatic rings. The predicted octanol–water partition coefficient (Wildman–Crippen LogP) is 2.08. The molecule has 2 saturated heterocycles. The molecule has 0 aromatic rings. The molecule has 0 saturated carbocycles. The molecule has 1 spiro atoms. The first-order valence-corrected chi connectivity index (χ1v) is 4.69. The van der Waals surface area contributed by atoms with Crippen LogP contribution < -0.4 is 0 Å². The third-order valence-corrected chi connectivity index (χ3v) is 2.63. The lowest BCUT2D eigenvalue weighted by molar-refractivity contribution is -0.208. The van der Waals surface area contributed by atoms with Crippen LogP contribution in [0, 0.1) is 0 Å². The summed E-state index contributed by atoms with van der Waals surface area (Å²) in [4.78, 5) is 0. The summed E-state index contributed by atoms with van der Waals surface area (Å²) in [6.07, 6.45) is 7.22. The van der Waals surface area contributed by atoms with Crippen molar-refractivity contribution in [1.29, 1.82) is 0 Å². The molecule has 11 heavy (non-hydrogen) atoms. The van der Waals surface area contributed by atoms with Gasteiger partial charge in [-0.25, -0.2) is 0 Å². The Kier molecular flexibility index (Phi) is 2.14. The number of hydrogen-bond acceptors (Lipinski definition) is 2. The molecular weight excluding hydrogens is 140 g/mol. The first-order valence-electron chi connectivity index (χ1n) is 4.69. The molecular formula is C9H16O2. The van der Waals surface area contributed by atoms with Crippen LogP contribution in [0.25, 0.3) is 0 Å². The Morgan fingerprint density at radius 2 is 1.45 bits per heavy atom. The van der Waals surface area contributed by atoms with E-state index >= 15 is 0 Å². The smallest absolute Gasteiger partial charge is 0.168 e. The highest BCUT2D eigenvalue weighted by Gasteiger charge is 2.36. The second-order valence-corrected chi connectivity index (χ2v) is 3.52. The zero-order chi connectivity index (χ0) is 7.57. The molecule has 64 valence electrons. The Morgan fingerprint density at radius 1 is 0.727 bits per heavy atom. The third-order valence-electron chi connectivity index (χ3n) is 2.63. The highest BCUT2D eigenvalue weighted by molar-refractivity contribution is 4.77. The van der Waals surface area contributed by atoms with Gasteiger partial charge in [0.2, 0.25) is 0 Å². The van der Waals surface area contributed by atoms with Gasteiger partial charge >= 0.3 is 0 Å². The lowest BCUT2D eigenvalue weighted by atomic mass is 10.1. The van der Waals surface area contributed by atoms with Gasteiger partial charge in [-0.15, -0.1) is 0 Å². The van der Waals surface area contributed by atoms with Crippen LogP contribution >= 0.6 is 0 Å². The van der Waals surface area contributed by atoms with Crippen molar-refractivity contribution in [2.24, 2.45) is 0 Å². The SMILES string of the molecule is C1CCOC2(CC1)CCCO2. The van der Waals surface area contributed by atoms with Crippen LogP contribution in [0.1, 0.15) is 38.5 Å². The van der Waals surface area contributed by atoms with E-state index in [1.165, 1.54) is 25.7 Å². The number of ether oxygens (including phenoxy) is 2. The minimum atomic E-state index is -0.142. The van der Waals surface area contributed by atoms with Crippen molar-refractivity contribution >= 4 is 0 Å². The van der Waals surface area contributed by atoms with Gasteiger partial charge in [-0.05, 0) is 19.3 Å². The van der Waals surface area contributed by atoms with Crippen molar-refractivity contribution in [1.82, 2.24) is 0 Å². The summed E-state index contributed by atoms with van der Waals surface area (Å²) in [6, 6.07) is 0. The van der Waals surface area contributed by atoms with E-state index in [-0.39, 0.29) is 5.79 Å². The van der Waals surface area contributed by atoms with Crippen LogP contribution in [0.2, 0.25) is 0 Å². The van der Waals surface area contributed by atoms with Gasteiger partial charge in [-0.1, -0.05) is 6.42 Å². The van der Waals surface area contributed by atoms with E-state index in [9.17, 15) is 0 Å². The molecule has 2 nitrogen and oxygen atoms in total. The molecule has 2 heterocycles. The number of rotatable bonds is 0. The first-order chi connectivity index (χ1) is 5.41. The Labute approximate surface area is 67.9 Å². The van der Waals surface area contributed by atoms with Crippen molar-refractivity contribution < 1.29 is 9.47 Å². The van der Waals surface area contributed by atoms with Gasteiger partial charge < -0.3 is 9.47 Å². The molecule has 2 aliphatic heterocycles. The van der Waals surface area contributed by atoms with E-state index in [1.54, 1.807) is 0 Å². The van der Waals surface area contributed by atoms with E-state index in [0.717, 1.165) is 26.1 Å². The quantitative estimate of drug-likeness (QED) is 0.534. The lowest BCUT2D eigenvalue weighted by Gasteiger charge is -2.26. The number of hydrogen-bond donors (Lipinski definition) is 0. The summed E-state index contributed by atoms with van der Waals surface area (Å²) in [5.74, 6) is -0.142. The van der Waals surface area contributed by atoms with Gasteiger partial charge in [-0.3, -0.25) is 0 Å². The molecule has 2 rings (SSSR count). The molecule has 1 atom stereocenters. The van der Waals surface area contributed by atoms with Crippen molar-refractivity contribution in [3.63, 3.8) is 0 Å². The van der Waals surface area contributed by atoms with Crippen LogP contribution in [0.4, 0.5) is 0 Å². The van der Waals surface area contributed by atoms with Crippen molar-refractivity contribution in [3.8, 4) is 0 Å². The second-order valence-electron chi connectivity index (χ2n) is 3.52. The standard InChI is InChI=1S/C9H16O2/c1-2-5-9(10-7-3-1)6-4-8-11-9/h1-8H2. The normalized spacial score (nSPS) is 39.3. The molecule has 2 fully saturated rings. The van der Waals surface area contributed by atoms with Crippen LogP contribution in [0.5, 0.6) is 0 Å². The largest absolute Gasteiger partial charge is 0.350 e. The van der Waals surface area contributed by atoms with E-state index in [0.29, 0.717) is 0 Å². The fourth-order valence-electron chi connectivity index (χ4n) is 1.99. The average Bonchev–Trinajstić information content (AvgIpc) is 2.32.